The number of esters is 1. The zero-order valence-electron chi connectivity index (χ0n) is 13.1. The fraction of sp³-hybridized carbons (Fsp3) is 0.647. The highest BCUT2D eigenvalue weighted by atomic mass is 32.2. The molecular formula is C17H27NO2S. The van der Waals surface area contributed by atoms with Crippen molar-refractivity contribution in [3.63, 3.8) is 0 Å². The van der Waals surface area contributed by atoms with Crippen LogP contribution in [0.4, 0.5) is 0 Å². The van der Waals surface area contributed by atoms with E-state index in [1.54, 1.807) is 12.4 Å². The molecule has 1 rings (SSSR count). The third kappa shape index (κ3) is 10.4. The summed E-state index contributed by atoms with van der Waals surface area (Å²) in [6.45, 7) is 0.335. The molecule has 1 aromatic heterocycles. The summed E-state index contributed by atoms with van der Waals surface area (Å²) in [5, 5.41) is 0. The SMILES string of the molecule is CSCCCCCCCCCC(=O)OCc1cccnc1. The lowest BCUT2D eigenvalue weighted by Gasteiger charge is -2.05. The highest BCUT2D eigenvalue weighted by Gasteiger charge is 2.03. The lowest BCUT2D eigenvalue weighted by atomic mass is 10.1. The first-order valence-electron chi connectivity index (χ1n) is 7.86. The molecule has 0 aliphatic carbocycles. The molecule has 0 unspecified atom stereocenters. The predicted molar refractivity (Wildman–Crippen MR) is 89.4 cm³/mol. The number of pyridine rings is 1. The molecule has 0 N–H and O–H groups in total. The van der Waals surface area contributed by atoms with Crippen LogP contribution in [0, 0.1) is 0 Å². The number of ether oxygens (including phenoxy) is 1. The second kappa shape index (κ2) is 12.7. The second-order valence-corrected chi connectivity index (χ2v) is 6.23. The average Bonchev–Trinajstić information content (AvgIpc) is 2.52. The Hall–Kier alpha value is -1.03. The van der Waals surface area contributed by atoms with Gasteiger partial charge in [0.2, 0.25) is 0 Å². The van der Waals surface area contributed by atoms with Gasteiger partial charge in [0.25, 0.3) is 0 Å². The van der Waals surface area contributed by atoms with Gasteiger partial charge in [-0.2, -0.15) is 11.8 Å². The Labute approximate surface area is 132 Å². The van der Waals surface area contributed by atoms with Gasteiger partial charge in [-0.25, -0.2) is 0 Å². The summed E-state index contributed by atoms with van der Waals surface area (Å²) in [4.78, 5) is 15.6. The highest BCUT2D eigenvalue weighted by Crippen LogP contribution is 2.10. The number of hydrogen-bond acceptors (Lipinski definition) is 4. The minimum absolute atomic E-state index is 0.0983. The normalized spacial score (nSPS) is 10.5. The summed E-state index contributed by atoms with van der Waals surface area (Å²) in [7, 11) is 0. The van der Waals surface area contributed by atoms with E-state index in [1.165, 1.54) is 37.9 Å². The molecular weight excluding hydrogens is 282 g/mol. The molecule has 0 radical (unpaired) electrons. The molecule has 0 amide bonds. The molecule has 21 heavy (non-hydrogen) atoms. The Morgan fingerprint density at radius 2 is 1.86 bits per heavy atom. The molecule has 0 fully saturated rings. The van der Waals surface area contributed by atoms with Crippen LogP contribution in [0.15, 0.2) is 24.5 Å². The topological polar surface area (TPSA) is 39.2 Å². The lowest BCUT2D eigenvalue weighted by Crippen LogP contribution is -2.04. The van der Waals surface area contributed by atoms with Crippen molar-refractivity contribution in [2.45, 2.75) is 58.0 Å². The van der Waals surface area contributed by atoms with Crippen LogP contribution in [0.2, 0.25) is 0 Å². The molecule has 0 saturated carbocycles. The van der Waals surface area contributed by atoms with Crippen LogP contribution in [-0.2, 0) is 16.1 Å². The molecule has 0 spiro atoms. The molecule has 118 valence electrons. The molecule has 1 heterocycles. The first kappa shape index (κ1) is 18.0. The number of carbonyl (C=O) groups is 1. The zero-order chi connectivity index (χ0) is 15.2. The maximum absolute atomic E-state index is 11.6. The molecule has 0 bridgehead atoms. The molecule has 0 aliphatic rings. The molecule has 4 heteroatoms. The maximum atomic E-state index is 11.6. The van der Waals surface area contributed by atoms with Gasteiger partial charge in [-0.3, -0.25) is 9.78 Å². The van der Waals surface area contributed by atoms with Crippen molar-refractivity contribution >= 4 is 17.7 Å². The van der Waals surface area contributed by atoms with Gasteiger partial charge >= 0.3 is 5.97 Å². The van der Waals surface area contributed by atoms with Crippen molar-refractivity contribution in [2.75, 3.05) is 12.0 Å². The zero-order valence-corrected chi connectivity index (χ0v) is 13.9. The number of carbonyl (C=O) groups excluding carboxylic acids is 1. The largest absolute Gasteiger partial charge is 0.461 e. The van der Waals surface area contributed by atoms with Gasteiger partial charge < -0.3 is 4.74 Å². The van der Waals surface area contributed by atoms with Crippen LogP contribution in [-0.4, -0.2) is 23.0 Å². The summed E-state index contributed by atoms with van der Waals surface area (Å²) < 4.78 is 5.22. The van der Waals surface area contributed by atoms with Crippen LogP contribution in [0.5, 0.6) is 0 Å². The summed E-state index contributed by atoms with van der Waals surface area (Å²) in [6.07, 6.45) is 14.7. The van der Waals surface area contributed by atoms with Crippen LogP contribution in [0.3, 0.4) is 0 Å². The van der Waals surface area contributed by atoms with E-state index in [0.29, 0.717) is 13.0 Å². The van der Waals surface area contributed by atoms with Crippen molar-refractivity contribution in [1.29, 1.82) is 0 Å². The summed E-state index contributed by atoms with van der Waals surface area (Å²) in [5.74, 6) is 1.18. The fourth-order valence-corrected chi connectivity index (χ4v) is 2.61. The number of nitrogens with zero attached hydrogens (tertiary/aromatic N) is 1. The van der Waals surface area contributed by atoms with Crippen LogP contribution in [0.1, 0.15) is 56.9 Å². The highest BCUT2D eigenvalue weighted by molar-refractivity contribution is 7.98. The second-order valence-electron chi connectivity index (χ2n) is 5.24. The average molecular weight is 309 g/mol. The van der Waals surface area contributed by atoms with Gasteiger partial charge in [-0.15, -0.1) is 0 Å². The molecule has 3 nitrogen and oxygen atoms in total. The summed E-state index contributed by atoms with van der Waals surface area (Å²) in [6, 6.07) is 3.76. The van der Waals surface area contributed by atoms with E-state index in [0.717, 1.165) is 18.4 Å². The van der Waals surface area contributed by atoms with E-state index in [-0.39, 0.29) is 5.97 Å². The standard InChI is InChI=1S/C17H27NO2S/c1-21-13-8-6-4-2-3-5-7-11-17(19)20-15-16-10-9-12-18-14-16/h9-10,12,14H,2-8,11,13,15H2,1H3. The molecule has 0 atom stereocenters. The van der Waals surface area contributed by atoms with Crippen molar-refractivity contribution in [3.05, 3.63) is 30.1 Å². The van der Waals surface area contributed by atoms with Gasteiger partial charge in [0.05, 0.1) is 0 Å². The first-order valence-corrected chi connectivity index (χ1v) is 9.26. The van der Waals surface area contributed by atoms with Gasteiger partial charge in [0.1, 0.15) is 6.61 Å². The minimum Gasteiger partial charge on any atom is -0.461 e. The fourth-order valence-electron chi connectivity index (χ4n) is 2.12. The van der Waals surface area contributed by atoms with E-state index in [4.69, 9.17) is 4.74 Å². The van der Waals surface area contributed by atoms with Gasteiger partial charge in [0.15, 0.2) is 0 Å². The van der Waals surface area contributed by atoms with Crippen molar-refractivity contribution in [1.82, 2.24) is 4.98 Å². The van der Waals surface area contributed by atoms with E-state index >= 15 is 0 Å². The Morgan fingerprint density at radius 1 is 1.14 bits per heavy atom. The minimum atomic E-state index is -0.0983. The van der Waals surface area contributed by atoms with Crippen LogP contribution < -0.4 is 0 Å². The van der Waals surface area contributed by atoms with Gasteiger partial charge in [0, 0.05) is 24.4 Å². The number of thioether (sulfide) groups is 1. The van der Waals surface area contributed by atoms with E-state index < -0.39 is 0 Å². The van der Waals surface area contributed by atoms with Crippen molar-refractivity contribution in [3.8, 4) is 0 Å². The quantitative estimate of drug-likeness (QED) is 0.417. The number of hydrogen-bond donors (Lipinski definition) is 0. The van der Waals surface area contributed by atoms with Crippen LogP contribution in [0.25, 0.3) is 0 Å². The molecule has 0 aliphatic heterocycles. The Bertz CT molecular complexity index is 370. The van der Waals surface area contributed by atoms with Crippen LogP contribution >= 0.6 is 11.8 Å². The van der Waals surface area contributed by atoms with Crippen molar-refractivity contribution in [2.24, 2.45) is 0 Å². The first-order chi connectivity index (χ1) is 10.3. The van der Waals surface area contributed by atoms with E-state index in [9.17, 15) is 4.79 Å². The smallest absolute Gasteiger partial charge is 0.306 e. The molecule has 0 saturated heterocycles. The predicted octanol–water partition coefficient (Wildman–Crippen LogP) is 4.61. The van der Waals surface area contributed by atoms with Gasteiger partial charge in [-0.1, -0.05) is 38.2 Å². The van der Waals surface area contributed by atoms with Gasteiger partial charge in [-0.05, 0) is 30.9 Å². The summed E-state index contributed by atoms with van der Waals surface area (Å²) >= 11 is 1.92. The third-order valence-electron chi connectivity index (χ3n) is 3.35. The number of aromatic nitrogens is 1. The Morgan fingerprint density at radius 3 is 2.52 bits per heavy atom. The Kier molecular flexibility index (Phi) is 10.9. The van der Waals surface area contributed by atoms with E-state index in [2.05, 4.69) is 11.2 Å². The lowest BCUT2D eigenvalue weighted by molar-refractivity contribution is -0.145. The molecule has 0 aromatic carbocycles. The van der Waals surface area contributed by atoms with E-state index in [1.807, 2.05) is 23.9 Å². The summed E-state index contributed by atoms with van der Waals surface area (Å²) in [5.41, 5.74) is 0.941. The number of unbranched alkanes of at least 4 members (excludes halogenated alkanes) is 6. The third-order valence-corrected chi connectivity index (χ3v) is 4.05. The number of rotatable bonds is 12. The Balaban J connectivity index is 1.89. The maximum Gasteiger partial charge on any atom is 0.306 e. The van der Waals surface area contributed by atoms with Crippen molar-refractivity contribution < 1.29 is 9.53 Å². The monoisotopic (exact) mass is 309 g/mol. The molecule has 1 aromatic rings.